The number of aromatic nitrogens is 1. The fraction of sp³-hybridized carbons (Fsp3) is 0.625. The Kier molecular flexibility index (Phi) is 7.15. The van der Waals surface area contributed by atoms with E-state index in [0.717, 1.165) is 31.9 Å². The molecule has 0 saturated heterocycles. The number of amides is 1. The molecule has 0 aliphatic rings. The van der Waals surface area contributed by atoms with Gasteiger partial charge in [-0.1, -0.05) is 13.0 Å². The van der Waals surface area contributed by atoms with Gasteiger partial charge in [0.1, 0.15) is 11.5 Å². The van der Waals surface area contributed by atoms with Crippen molar-refractivity contribution in [3.8, 4) is 0 Å². The van der Waals surface area contributed by atoms with Gasteiger partial charge in [-0.05, 0) is 46.5 Å². The second kappa shape index (κ2) is 8.62. The summed E-state index contributed by atoms with van der Waals surface area (Å²) in [6.45, 7) is 8.53. The molecule has 5 heteroatoms. The van der Waals surface area contributed by atoms with Gasteiger partial charge in [0.25, 0.3) is 5.91 Å². The number of pyridine rings is 1. The van der Waals surface area contributed by atoms with Crippen LogP contribution in [0.5, 0.6) is 0 Å². The zero-order chi connectivity index (χ0) is 15.8. The highest BCUT2D eigenvalue weighted by Crippen LogP contribution is 2.09. The molecule has 1 rings (SSSR count). The summed E-state index contributed by atoms with van der Waals surface area (Å²) in [6, 6.07) is 5.84. The van der Waals surface area contributed by atoms with Crippen molar-refractivity contribution in [3.05, 3.63) is 23.9 Å². The number of anilines is 1. The number of carbonyl (C=O) groups excluding carboxylic acids is 1. The van der Waals surface area contributed by atoms with Crippen molar-refractivity contribution < 1.29 is 4.79 Å². The van der Waals surface area contributed by atoms with Crippen LogP contribution in [0.1, 0.15) is 37.7 Å². The first kappa shape index (κ1) is 17.4. The predicted molar refractivity (Wildman–Crippen MR) is 87.7 cm³/mol. The van der Waals surface area contributed by atoms with Crippen molar-refractivity contribution in [2.24, 2.45) is 0 Å². The van der Waals surface area contributed by atoms with Gasteiger partial charge < -0.3 is 15.1 Å². The Labute approximate surface area is 128 Å². The SMILES string of the molecule is CCCN(CCN(C)C)C(=O)c1cccc(NC(C)C)n1. The average Bonchev–Trinajstić information content (AvgIpc) is 2.42. The molecule has 1 aromatic rings. The van der Waals surface area contributed by atoms with Gasteiger partial charge in [-0.25, -0.2) is 4.98 Å². The Morgan fingerprint density at radius 3 is 2.52 bits per heavy atom. The second-order valence-corrected chi connectivity index (χ2v) is 5.80. The topological polar surface area (TPSA) is 48.5 Å². The average molecular weight is 292 g/mol. The van der Waals surface area contributed by atoms with E-state index in [0.29, 0.717) is 11.7 Å². The van der Waals surface area contributed by atoms with Crippen LogP contribution in [0.2, 0.25) is 0 Å². The molecule has 0 saturated carbocycles. The molecule has 0 atom stereocenters. The van der Waals surface area contributed by atoms with E-state index >= 15 is 0 Å². The lowest BCUT2D eigenvalue weighted by atomic mass is 10.2. The molecule has 0 aliphatic heterocycles. The molecular weight excluding hydrogens is 264 g/mol. The third-order valence-corrected chi connectivity index (χ3v) is 3.00. The van der Waals surface area contributed by atoms with Crippen molar-refractivity contribution in [2.45, 2.75) is 33.2 Å². The van der Waals surface area contributed by atoms with Gasteiger partial charge in [-0.3, -0.25) is 4.79 Å². The number of hydrogen-bond donors (Lipinski definition) is 1. The number of rotatable bonds is 8. The van der Waals surface area contributed by atoms with Gasteiger partial charge in [0.05, 0.1) is 0 Å². The quantitative estimate of drug-likeness (QED) is 0.799. The van der Waals surface area contributed by atoms with E-state index in [4.69, 9.17) is 0 Å². The maximum atomic E-state index is 12.6. The highest BCUT2D eigenvalue weighted by Gasteiger charge is 2.16. The monoisotopic (exact) mass is 292 g/mol. The molecular formula is C16H28N4O. The Hall–Kier alpha value is -1.62. The molecule has 0 radical (unpaired) electrons. The predicted octanol–water partition coefficient (Wildman–Crippen LogP) is 2.32. The minimum Gasteiger partial charge on any atom is -0.368 e. The van der Waals surface area contributed by atoms with Gasteiger partial charge in [0.15, 0.2) is 0 Å². The molecule has 21 heavy (non-hydrogen) atoms. The van der Waals surface area contributed by atoms with E-state index in [1.807, 2.05) is 31.1 Å². The molecule has 0 aliphatic carbocycles. The Morgan fingerprint density at radius 2 is 1.95 bits per heavy atom. The fourth-order valence-corrected chi connectivity index (χ4v) is 2.00. The maximum absolute atomic E-state index is 12.6. The number of carbonyl (C=O) groups is 1. The minimum atomic E-state index is 0.00565. The van der Waals surface area contributed by atoms with E-state index < -0.39 is 0 Å². The van der Waals surface area contributed by atoms with E-state index in [1.54, 1.807) is 6.07 Å². The van der Waals surface area contributed by atoms with Crippen molar-refractivity contribution in [1.82, 2.24) is 14.8 Å². The van der Waals surface area contributed by atoms with Gasteiger partial charge in [0.2, 0.25) is 0 Å². The molecule has 1 aromatic heterocycles. The van der Waals surface area contributed by atoms with E-state index in [-0.39, 0.29) is 5.91 Å². The highest BCUT2D eigenvalue weighted by molar-refractivity contribution is 5.92. The van der Waals surface area contributed by atoms with Crippen LogP contribution in [0.15, 0.2) is 18.2 Å². The van der Waals surface area contributed by atoms with Crippen LogP contribution in [0, 0.1) is 0 Å². The lowest BCUT2D eigenvalue weighted by Gasteiger charge is -2.23. The molecule has 118 valence electrons. The van der Waals surface area contributed by atoms with Crippen molar-refractivity contribution in [1.29, 1.82) is 0 Å². The summed E-state index contributed by atoms with van der Waals surface area (Å²) < 4.78 is 0. The lowest BCUT2D eigenvalue weighted by molar-refractivity contribution is 0.0739. The van der Waals surface area contributed by atoms with Gasteiger partial charge in [0, 0.05) is 25.7 Å². The van der Waals surface area contributed by atoms with Gasteiger partial charge in [-0.2, -0.15) is 0 Å². The molecule has 1 N–H and O–H groups in total. The summed E-state index contributed by atoms with van der Waals surface area (Å²) in [5, 5.41) is 3.23. The number of likely N-dealkylation sites (N-methyl/N-ethyl adjacent to an activating group) is 1. The molecule has 0 spiro atoms. The standard InChI is InChI=1S/C16H28N4O/c1-6-10-20(12-11-19(4)5)16(21)14-8-7-9-15(18-14)17-13(2)3/h7-9,13H,6,10-12H2,1-5H3,(H,17,18). The summed E-state index contributed by atoms with van der Waals surface area (Å²) in [5.74, 6) is 0.756. The number of nitrogens with zero attached hydrogens (tertiary/aromatic N) is 3. The first-order valence-electron chi connectivity index (χ1n) is 7.61. The first-order chi connectivity index (χ1) is 9.93. The minimum absolute atomic E-state index is 0.00565. The molecule has 0 unspecified atom stereocenters. The van der Waals surface area contributed by atoms with Crippen LogP contribution in [0.4, 0.5) is 5.82 Å². The van der Waals surface area contributed by atoms with Crippen molar-refractivity contribution in [2.75, 3.05) is 39.0 Å². The van der Waals surface area contributed by atoms with E-state index in [2.05, 4.69) is 36.0 Å². The summed E-state index contributed by atoms with van der Waals surface area (Å²) in [4.78, 5) is 21.0. The highest BCUT2D eigenvalue weighted by atomic mass is 16.2. The lowest BCUT2D eigenvalue weighted by Crippen LogP contribution is -2.37. The Bertz CT molecular complexity index is 446. The van der Waals surface area contributed by atoms with Crippen LogP contribution in [-0.4, -0.2) is 60.5 Å². The van der Waals surface area contributed by atoms with Crippen LogP contribution >= 0.6 is 0 Å². The van der Waals surface area contributed by atoms with Crippen molar-refractivity contribution >= 4 is 11.7 Å². The van der Waals surface area contributed by atoms with Crippen LogP contribution in [0.25, 0.3) is 0 Å². The Morgan fingerprint density at radius 1 is 1.24 bits per heavy atom. The third-order valence-electron chi connectivity index (χ3n) is 3.00. The van der Waals surface area contributed by atoms with Crippen molar-refractivity contribution in [3.63, 3.8) is 0 Å². The molecule has 0 fully saturated rings. The molecule has 1 heterocycles. The number of hydrogen-bond acceptors (Lipinski definition) is 4. The fourth-order valence-electron chi connectivity index (χ4n) is 2.00. The normalized spacial score (nSPS) is 11.0. The summed E-state index contributed by atoms with van der Waals surface area (Å²) in [5.41, 5.74) is 0.507. The van der Waals surface area contributed by atoms with Crippen LogP contribution in [0.3, 0.4) is 0 Å². The molecule has 1 amide bonds. The van der Waals surface area contributed by atoms with Gasteiger partial charge >= 0.3 is 0 Å². The zero-order valence-corrected chi connectivity index (χ0v) is 13.9. The van der Waals surface area contributed by atoms with E-state index in [9.17, 15) is 4.79 Å². The zero-order valence-electron chi connectivity index (χ0n) is 13.9. The second-order valence-electron chi connectivity index (χ2n) is 5.80. The summed E-state index contributed by atoms with van der Waals surface area (Å²) in [6.07, 6.45) is 0.948. The molecule has 0 bridgehead atoms. The first-order valence-corrected chi connectivity index (χ1v) is 7.61. The largest absolute Gasteiger partial charge is 0.368 e. The summed E-state index contributed by atoms with van der Waals surface area (Å²) >= 11 is 0. The Balaban J connectivity index is 2.82. The van der Waals surface area contributed by atoms with E-state index in [1.165, 1.54) is 0 Å². The maximum Gasteiger partial charge on any atom is 0.272 e. The van der Waals surface area contributed by atoms with Crippen LogP contribution < -0.4 is 5.32 Å². The van der Waals surface area contributed by atoms with Gasteiger partial charge in [-0.15, -0.1) is 0 Å². The van der Waals surface area contributed by atoms with Crippen LogP contribution in [-0.2, 0) is 0 Å². The number of nitrogens with one attached hydrogen (secondary N) is 1. The molecule has 0 aromatic carbocycles. The molecule has 5 nitrogen and oxygen atoms in total. The third kappa shape index (κ3) is 6.12. The summed E-state index contributed by atoms with van der Waals surface area (Å²) in [7, 11) is 4.03. The smallest absolute Gasteiger partial charge is 0.272 e.